The van der Waals surface area contributed by atoms with E-state index in [0.717, 1.165) is 52.0 Å². The molecule has 1 aromatic carbocycles. The number of rotatable bonds is 8. The van der Waals surface area contributed by atoms with Crippen LogP contribution in [0, 0.1) is 11.8 Å². The van der Waals surface area contributed by atoms with Crippen molar-refractivity contribution in [2.75, 3.05) is 45.9 Å². The minimum absolute atomic E-state index is 0.0628. The molecule has 0 saturated carbocycles. The van der Waals surface area contributed by atoms with Gasteiger partial charge >= 0.3 is 0 Å². The van der Waals surface area contributed by atoms with Crippen LogP contribution < -0.4 is 5.32 Å². The number of piperidine rings is 1. The van der Waals surface area contributed by atoms with E-state index in [2.05, 4.69) is 24.1 Å². The van der Waals surface area contributed by atoms with Gasteiger partial charge in [0.05, 0.1) is 18.1 Å². The molecule has 0 spiro atoms. The third kappa shape index (κ3) is 6.20. The second-order valence-corrected chi connectivity index (χ2v) is 12.4. The van der Waals surface area contributed by atoms with Crippen LogP contribution in [-0.2, 0) is 32.4 Å². The average molecular weight is 492 g/mol. The van der Waals surface area contributed by atoms with Gasteiger partial charge in [0.1, 0.15) is 0 Å². The van der Waals surface area contributed by atoms with Crippen molar-refractivity contribution in [3.63, 3.8) is 0 Å². The molecule has 190 valence electrons. The highest BCUT2D eigenvalue weighted by Crippen LogP contribution is 2.28. The van der Waals surface area contributed by atoms with Gasteiger partial charge in [-0.2, -0.15) is 4.31 Å². The zero-order valence-electron chi connectivity index (χ0n) is 20.8. The van der Waals surface area contributed by atoms with Crippen LogP contribution in [0.1, 0.15) is 57.1 Å². The van der Waals surface area contributed by atoms with Gasteiger partial charge in [0, 0.05) is 44.7 Å². The summed E-state index contributed by atoms with van der Waals surface area (Å²) in [6.45, 7) is 9.19. The Labute approximate surface area is 205 Å². The Hall–Kier alpha value is -1.48. The molecule has 2 fully saturated rings. The van der Waals surface area contributed by atoms with E-state index < -0.39 is 10.0 Å². The number of aryl methyl sites for hydroxylation is 2. The largest absolute Gasteiger partial charge is 0.379 e. The first kappa shape index (κ1) is 25.6. The summed E-state index contributed by atoms with van der Waals surface area (Å²) in [6.07, 6.45) is 6.49. The van der Waals surface area contributed by atoms with Crippen molar-refractivity contribution in [1.82, 2.24) is 14.5 Å². The lowest BCUT2D eigenvalue weighted by molar-refractivity contribution is -0.126. The number of amides is 1. The van der Waals surface area contributed by atoms with Gasteiger partial charge in [-0.3, -0.25) is 9.69 Å². The fourth-order valence-corrected chi connectivity index (χ4v) is 7.11. The Kier molecular flexibility index (Phi) is 8.66. The second kappa shape index (κ2) is 11.5. The minimum Gasteiger partial charge on any atom is -0.379 e. The van der Waals surface area contributed by atoms with Gasteiger partial charge in [0.15, 0.2) is 0 Å². The number of carbonyl (C=O) groups is 1. The summed E-state index contributed by atoms with van der Waals surface area (Å²) in [5.74, 6) is 0.494. The Morgan fingerprint density at radius 3 is 2.41 bits per heavy atom. The predicted molar refractivity (Wildman–Crippen MR) is 133 cm³/mol. The molecule has 8 heteroatoms. The molecule has 7 nitrogen and oxygen atoms in total. The van der Waals surface area contributed by atoms with Gasteiger partial charge in [-0.15, -0.1) is 0 Å². The molecule has 1 amide bonds. The van der Waals surface area contributed by atoms with E-state index >= 15 is 0 Å². The monoisotopic (exact) mass is 491 g/mol. The zero-order valence-corrected chi connectivity index (χ0v) is 21.6. The van der Waals surface area contributed by atoms with Crippen LogP contribution in [0.2, 0.25) is 0 Å². The maximum absolute atomic E-state index is 13.3. The van der Waals surface area contributed by atoms with Crippen LogP contribution in [-0.4, -0.2) is 75.5 Å². The molecule has 0 radical (unpaired) electrons. The van der Waals surface area contributed by atoms with Crippen LogP contribution in [0.5, 0.6) is 0 Å². The molecule has 1 atom stereocenters. The third-order valence-electron chi connectivity index (χ3n) is 7.60. The van der Waals surface area contributed by atoms with Gasteiger partial charge in [0.25, 0.3) is 0 Å². The normalized spacial score (nSPS) is 21.9. The highest BCUT2D eigenvalue weighted by molar-refractivity contribution is 7.89. The molecule has 3 aliphatic rings. The van der Waals surface area contributed by atoms with E-state index in [1.807, 2.05) is 12.1 Å². The third-order valence-corrected chi connectivity index (χ3v) is 9.49. The van der Waals surface area contributed by atoms with Crippen LogP contribution >= 0.6 is 0 Å². The van der Waals surface area contributed by atoms with Gasteiger partial charge < -0.3 is 10.1 Å². The van der Waals surface area contributed by atoms with Crippen molar-refractivity contribution in [2.45, 2.75) is 69.7 Å². The van der Waals surface area contributed by atoms with Crippen LogP contribution in [0.25, 0.3) is 0 Å². The number of benzene rings is 1. The van der Waals surface area contributed by atoms with Gasteiger partial charge in [-0.25, -0.2) is 8.42 Å². The first-order valence-corrected chi connectivity index (χ1v) is 14.5. The maximum Gasteiger partial charge on any atom is 0.243 e. The van der Waals surface area contributed by atoms with E-state index in [9.17, 15) is 13.2 Å². The second-order valence-electron chi connectivity index (χ2n) is 10.5. The number of ether oxygens (including phenoxy) is 1. The number of nitrogens with one attached hydrogen (secondary N) is 1. The molecule has 0 aromatic heterocycles. The van der Waals surface area contributed by atoms with Crippen LogP contribution in [0.3, 0.4) is 0 Å². The molecule has 1 N–H and O–H groups in total. The van der Waals surface area contributed by atoms with Crippen molar-refractivity contribution in [3.05, 3.63) is 29.3 Å². The summed E-state index contributed by atoms with van der Waals surface area (Å²) >= 11 is 0. The summed E-state index contributed by atoms with van der Waals surface area (Å²) in [7, 11) is -3.52. The molecule has 0 bridgehead atoms. The van der Waals surface area contributed by atoms with E-state index in [1.165, 1.54) is 17.5 Å². The van der Waals surface area contributed by atoms with Gasteiger partial charge in [-0.1, -0.05) is 19.9 Å². The van der Waals surface area contributed by atoms with Crippen LogP contribution in [0.15, 0.2) is 23.1 Å². The number of hydrogen-bond donors (Lipinski definition) is 1. The van der Waals surface area contributed by atoms with Crippen LogP contribution in [0.4, 0.5) is 0 Å². The Bertz CT molecular complexity index is 935. The summed E-state index contributed by atoms with van der Waals surface area (Å²) in [6, 6.07) is 5.95. The minimum atomic E-state index is -3.52. The lowest BCUT2D eigenvalue weighted by Gasteiger charge is -2.36. The van der Waals surface area contributed by atoms with E-state index in [0.29, 0.717) is 49.3 Å². The molecule has 1 aliphatic carbocycles. The van der Waals surface area contributed by atoms with E-state index in [-0.39, 0.29) is 11.8 Å². The van der Waals surface area contributed by atoms with E-state index in [4.69, 9.17) is 4.74 Å². The topological polar surface area (TPSA) is 79.0 Å². The predicted octanol–water partition coefficient (Wildman–Crippen LogP) is 2.83. The zero-order chi connectivity index (χ0) is 24.1. The summed E-state index contributed by atoms with van der Waals surface area (Å²) < 4.78 is 33.6. The highest BCUT2D eigenvalue weighted by atomic mass is 32.2. The lowest BCUT2D eigenvalue weighted by atomic mass is 9.92. The first-order valence-electron chi connectivity index (χ1n) is 13.1. The SMILES string of the molecule is CC(C)CC(CNC(=O)C1CCN(S(=O)(=O)c2ccc3c(c2)CCCC3)CC1)N1CCOCC1. The molecule has 1 unspecified atom stereocenters. The summed E-state index contributed by atoms with van der Waals surface area (Å²) in [5.41, 5.74) is 2.46. The molecule has 2 heterocycles. The number of fused-ring (bicyclic) bond motifs is 1. The molecule has 2 saturated heterocycles. The van der Waals surface area contributed by atoms with Crippen molar-refractivity contribution >= 4 is 15.9 Å². The lowest BCUT2D eigenvalue weighted by Crippen LogP contribution is -2.50. The Morgan fingerprint density at radius 1 is 1.06 bits per heavy atom. The van der Waals surface area contributed by atoms with Crippen molar-refractivity contribution in [1.29, 1.82) is 0 Å². The fraction of sp³-hybridized carbons (Fsp3) is 0.731. The number of morpholine rings is 1. The van der Waals surface area contributed by atoms with Crippen molar-refractivity contribution in [3.8, 4) is 0 Å². The molecule has 34 heavy (non-hydrogen) atoms. The quantitative estimate of drug-likeness (QED) is 0.605. The molecule has 2 aliphatic heterocycles. The van der Waals surface area contributed by atoms with Gasteiger partial charge in [-0.05, 0) is 74.1 Å². The fourth-order valence-electron chi connectivity index (χ4n) is 5.59. The smallest absolute Gasteiger partial charge is 0.243 e. The maximum atomic E-state index is 13.3. The number of nitrogens with zero attached hydrogens (tertiary/aromatic N) is 2. The molecule has 1 aromatic rings. The van der Waals surface area contributed by atoms with Crippen molar-refractivity contribution < 1.29 is 17.9 Å². The number of sulfonamides is 1. The molecular weight excluding hydrogens is 450 g/mol. The summed E-state index contributed by atoms with van der Waals surface area (Å²) in [5, 5.41) is 3.19. The highest BCUT2D eigenvalue weighted by Gasteiger charge is 2.33. The Balaban J connectivity index is 1.30. The standard InChI is InChI=1S/C26H41N3O4S/c1-20(2)17-24(28-13-15-33-16-14-28)19-27-26(30)22-9-11-29(12-10-22)34(31,32)25-8-7-21-5-3-4-6-23(21)18-25/h7-8,18,20,22,24H,3-6,9-17,19H2,1-2H3,(H,27,30). The number of carbonyl (C=O) groups excluding carboxylic acids is 1. The molecular formula is C26H41N3O4S. The molecule has 4 rings (SSSR count). The Morgan fingerprint density at radius 2 is 1.74 bits per heavy atom. The van der Waals surface area contributed by atoms with E-state index in [1.54, 1.807) is 10.4 Å². The average Bonchev–Trinajstić information content (AvgIpc) is 2.86. The van der Waals surface area contributed by atoms with Crippen molar-refractivity contribution in [2.24, 2.45) is 11.8 Å². The number of hydrogen-bond acceptors (Lipinski definition) is 5. The first-order chi connectivity index (χ1) is 16.3. The van der Waals surface area contributed by atoms with Gasteiger partial charge in [0.2, 0.25) is 15.9 Å². The summed E-state index contributed by atoms with van der Waals surface area (Å²) in [4.78, 5) is 15.8.